The molecule has 0 aromatic heterocycles. The van der Waals surface area contributed by atoms with Crippen molar-refractivity contribution in [2.75, 3.05) is 7.05 Å². The Morgan fingerprint density at radius 1 is 0.784 bits per heavy atom. The van der Waals surface area contributed by atoms with E-state index in [0.29, 0.717) is 17.8 Å². The maximum absolute atomic E-state index is 4.43. The summed E-state index contributed by atoms with van der Waals surface area (Å²) in [6.45, 7) is 32.9. The van der Waals surface area contributed by atoms with Crippen LogP contribution in [0.3, 0.4) is 0 Å². The average molecular weight is 509 g/mol. The van der Waals surface area contributed by atoms with Crippen LogP contribution in [0.1, 0.15) is 73.3 Å². The molecule has 1 aromatic carbocycles. The van der Waals surface area contributed by atoms with Gasteiger partial charge < -0.3 is 21.3 Å². The lowest BCUT2D eigenvalue weighted by Gasteiger charge is -2.33. The van der Waals surface area contributed by atoms with Gasteiger partial charge in [0, 0.05) is 35.2 Å². The predicted octanol–water partition coefficient (Wildman–Crippen LogP) is 6.95. The van der Waals surface area contributed by atoms with Crippen LogP contribution >= 0.6 is 0 Å². The van der Waals surface area contributed by atoms with Gasteiger partial charge in [-0.15, -0.1) is 0 Å². The van der Waals surface area contributed by atoms with Gasteiger partial charge in [0.05, 0.1) is 6.04 Å². The van der Waals surface area contributed by atoms with Gasteiger partial charge in [-0.05, 0) is 56.6 Å². The first-order chi connectivity index (χ1) is 17.4. The van der Waals surface area contributed by atoms with E-state index in [1.54, 1.807) is 0 Å². The maximum Gasteiger partial charge on any atom is 0.0676 e. The third-order valence-electron chi connectivity index (χ3n) is 7.35. The summed E-state index contributed by atoms with van der Waals surface area (Å²) in [6.07, 6.45) is 3.84. The molecule has 0 bridgehead atoms. The van der Waals surface area contributed by atoms with Crippen molar-refractivity contribution in [2.24, 2.45) is 17.8 Å². The third-order valence-corrected chi connectivity index (χ3v) is 7.35. The van der Waals surface area contributed by atoms with Crippen LogP contribution in [0.2, 0.25) is 0 Å². The Hall–Kier alpha value is -2.46. The Bertz CT molecular complexity index is 854. The van der Waals surface area contributed by atoms with Crippen LogP contribution in [-0.2, 0) is 6.42 Å². The van der Waals surface area contributed by atoms with Gasteiger partial charge in [-0.25, -0.2) is 0 Å². The Labute approximate surface area is 229 Å². The van der Waals surface area contributed by atoms with Crippen molar-refractivity contribution in [3.8, 4) is 0 Å². The van der Waals surface area contributed by atoms with Gasteiger partial charge in [-0.1, -0.05) is 110 Å². The monoisotopic (exact) mass is 508 g/mol. The highest BCUT2D eigenvalue weighted by atomic mass is 15.0. The second kappa shape index (κ2) is 16.4. The van der Waals surface area contributed by atoms with Crippen LogP contribution in [-0.4, -0.2) is 31.2 Å². The van der Waals surface area contributed by atoms with Crippen molar-refractivity contribution in [2.45, 2.75) is 98.3 Å². The molecule has 0 aliphatic heterocycles. The first kappa shape index (κ1) is 32.6. The van der Waals surface area contributed by atoms with Crippen LogP contribution in [0, 0.1) is 17.8 Å². The molecule has 208 valence electrons. The van der Waals surface area contributed by atoms with Gasteiger partial charge in [0.25, 0.3) is 0 Å². The Balaban J connectivity index is 2.93. The number of benzene rings is 1. The summed E-state index contributed by atoms with van der Waals surface area (Å²) in [5.74, 6) is 1.33. The number of allylic oxidation sites excluding steroid dienone is 1. The summed E-state index contributed by atoms with van der Waals surface area (Å²) in [6, 6.07) is 11.5. The molecule has 1 aromatic rings. The number of rotatable bonds is 19. The highest BCUT2D eigenvalue weighted by Gasteiger charge is 2.24. The second-order valence-corrected chi connectivity index (χ2v) is 11.5. The topological polar surface area (TPSA) is 48.1 Å². The molecule has 0 spiro atoms. The minimum Gasteiger partial charge on any atom is -0.384 e. The summed E-state index contributed by atoms with van der Waals surface area (Å²) in [5.41, 5.74) is 5.56. The molecule has 0 radical (unpaired) electrons. The van der Waals surface area contributed by atoms with Crippen molar-refractivity contribution in [1.29, 1.82) is 0 Å². The van der Waals surface area contributed by atoms with Crippen LogP contribution in [0.4, 0.5) is 0 Å². The summed E-state index contributed by atoms with van der Waals surface area (Å²) in [7, 11) is 2.00. The van der Waals surface area contributed by atoms with Gasteiger partial charge in [-0.2, -0.15) is 0 Å². The van der Waals surface area contributed by atoms with E-state index in [9.17, 15) is 0 Å². The molecule has 0 aliphatic rings. The van der Waals surface area contributed by atoms with E-state index in [2.05, 4.69) is 126 Å². The third kappa shape index (κ3) is 11.2. The van der Waals surface area contributed by atoms with Gasteiger partial charge >= 0.3 is 0 Å². The van der Waals surface area contributed by atoms with Gasteiger partial charge in [-0.3, -0.25) is 0 Å². The zero-order valence-electron chi connectivity index (χ0n) is 25.1. The van der Waals surface area contributed by atoms with E-state index in [0.717, 1.165) is 48.3 Å². The highest BCUT2D eigenvalue weighted by Crippen LogP contribution is 2.20. The standard InChI is InChI=1S/C33H56N4/c1-13-25(8)33(28(11)37-31(22(2)3)23(4)5)35-26(9)19-20-30(21-29-17-15-14-16-18-29)36-27(10)32(34-12)24(6)7/h14-18,23-25,30-37H,2,9-11,13,19-21H2,1,3-8,12H3/t25-,30?,31?,32?,33?/m0/s1. The molecular weight excluding hydrogens is 452 g/mol. The maximum atomic E-state index is 4.43. The fourth-order valence-corrected chi connectivity index (χ4v) is 4.98. The summed E-state index contributed by atoms with van der Waals surface area (Å²) < 4.78 is 0. The molecule has 4 N–H and O–H groups in total. The first-order valence-corrected chi connectivity index (χ1v) is 14.1. The lowest BCUT2D eigenvalue weighted by molar-refractivity contribution is 0.383. The van der Waals surface area contributed by atoms with Crippen molar-refractivity contribution < 1.29 is 0 Å². The van der Waals surface area contributed by atoms with E-state index in [4.69, 9.17) is 0 Å². The Kier molecular flexibility index (Phi) is 14.4. The fourth-order valence-electron chi connectivity index (χ4n) is 4.98. The van der Waals surface area contributed by atoms with Crippen molar-refractivity contribution in [3.63, 3.8) is 0 Å². The van der Waals surface area contributed by atoms with E-state index in [1.807, 2.05) is 7.05 Å². The number of nitrogens with one attached hydrogen (secondary N) is 4. The molecule has 4 heteroatoms. The molecule has 0 saturated heterocycles. The Morgan fingerprint density at radius 2 is 1.35 bits per heavy atom. The van der Waals surface area contributed by atoms with Gasteiger partial charge in [0.15, 0.2) is 0 Å². The van der Waals surface area contributed by atoms with Crippen LogP contribution in [0.15, 0.2) is 79.3 Å². The highest BCUT2D eigenvalue weighted by molar-refractivity contribution is 5.18. The minimum absolute atomic E-state index is 0.114. The normalized spacial score (nSPS) is 15.4. The molecule has 0 heterocycles. The molecule has 37 heavy (non-hydrogen) atoms. The van der Waals surface area contributed by atoms with Crippen molar-refractivity contribution >= 4 is 0 Å². The molecular formula is C33H56N4. The quantitative estimate of drug-likeness (QED) is 0.153. The summed E-state index contributed by atoms with van der Waals surface area (Å²) in [5, 5.41) is 14.5. The van der Waals surface area contributed by atoms with E-state index >= 15 is 0 Å². The first-order valence-electron chi connectivity index (χ1n) is 14.1. The SMILES string of the molecule is C=C(CCC(Cc1ccccc1)NC(=C)C(NC)C(C)C)NC(C(=C)NC(C(=C)C)C(C)C)[C@@H](C)CC. The lowest BCUT2D eigenvalue weighted by Crippen LogP contribution is -2.45. The molecule has 0 fully saturated rings. The molecule has 0 aliphatic carbocycles. The zero-order chi connectivity index (χ0) is 28.1. The van der Waals surface area contributed by atoms with Crippen molar-refractivity contribution in [1.82, 2.24) is 21.3 Å². The smallest absolute Gasteiger partial charge is 0.0676 e. The summed E-state index contributed by atoms with van der Waals surface area (Å²) in [4.78, 5) is 0. The van der Waals surface area contributed by atoms with Crippen LogP contribution in [0.25, 0.3) is 0 Å². The molecule has 5 atom stereocenters. The Morgan fingerprint density at radius 3 is 1.84 bits per heavy atom. The van der Waals surface area contributed by atoms with Crippen molar-refractivity contribution in [3.05, 3.63) is 84.9 Å². The predicted molar refractivity (Wildman–Crippen MR) is 164 cm³/mol. The fraction of sp³-hybridized carbons (Fsp3) is 0.576. The number of hydrogen-bond acceptors (Lipinski definition) is 4. The molecule has 1 rings (SSSR count). The van der Waals surface area contributed by atoms with E-state index in [1.165, 1.54) is 5.56 Å². The van der Waals surface area contributed by atoms with Crippen LogP contribution < -0.4 is 21.3 Å². The van der Waals surface area contributed by atoms with Gasteiger partial charge in [0.1, 0.15) is 0 Å². The largest absolute Gasteiger partial charge is 0.384 e. The zero-order valence-corrected chi connectivity index (χ0v) is 25.1. The number of hydrogen-bond donors (Lipinski definition) is 4. The van der Waals surface area contributed by atoms with Crippen LogP contribution in [0.5, 0.6) is 0 Å². The second-order valence-electron chi connectivity index (χ2n) is 11.5. The van der Waals surface area contributed by atoms with E-state index < -0.39 is 0 Å². The molecule has 0 amide bonds. The van der Waals surface area contributed by atoms with Gasteiger partial charge in [0.2, 0.25) is 0 Å². The number of likely N-dealkylation sites (N-methyl/N-ethyl adjacent to an activating group) is 1. The molecule has 4 unspecified atom stereocenters. The van der Waals surface area contributed by atoms with E-state index in [-0.39, 0.29) is 24.2 Å². The average Bonchev–Trinajstić information content (AvgIpc) is 2.84. The molecule has 0 saturated carbocycles. The minimum atomic E-state index is 0.114. The lowest BCUT2D eigenvalue weighted by atomic mass is 9.92. The molecule has 4 nitrogen and oxygen atoms in total. The summed E-state index contributed by atoms with van der Waals surface area (Å²) >= 11 is 0.